The van der Waals surface area contributed by atoms with Gasteiger partial charge in [0.2, 0.25) is 0 Å². The Hall–Kier alpha value is -3.13. The number of aromatic nitrogens is 2. The average molecular weight is 536 g/mol. The summed E-state index contributed by atoms with van der Waals surface area (Å²) in [7, 11) is 0. The number of amides is 1. The van der Waals surface area contributed by atoms with Crippen LogP contribution in [0.5, 0.6) is 0 Å². The Morgan fingerprint density at radius 2 is 1.92 bits per heavy atom. The van der Waals surface area contributed by atoms with Gasteiger partial charge in [0, 0.05) is 25.3 Å². The van der Waals surface area contributed by atoms with E-state index < -0.39 is 36.0 Å². The molecule has 1 saturated heterocycles. The maximum absolute atomic E-state index is 13.0. The summed E-state index contributed by atoms with van der Waals surface area (Å²) in [5.74, 6) is -2.01. The molecule has 2 aliphatic heterocycles. The second-order valence-electron chi connectivity index (χ2n) is 8.59. The van der Waals surface area contributed by atoms with Crippen LogP contribution in [-0.2, 0) is 24.1 Å². The second kappa shape index (κ2) is 11.1. The molecule has 0 unspecified atom stereocenters. The lowest BCUT2D eigenvalue weighted by molar-refractivity contribution is -0.169. The second-order valence-corrected chi connectivity index (χ2v) is 8.59. The highest BCUT2D eigenvalue weighted by molar-refractivity contribution is 5.98. The van der Waals surface area contributed by atoms with Crippen molar-refractivity contribution in [1.82, 2.24) is 14.5 Å². The Bertz CT molecular complexity index is 1110. The van der Waals surface area contributed by atoms with Crippen LogP contribution in [0, 0.1) is 0 Å². The zero-order chi connectivity index (χ0) is 27.5. The molecular weight excluding hydrogens is 510 g/mol. The maximum Gasteiger partial charge on any atom is 0.433 e. The van der Waals surface area contributed by atoms with Gasteiger partial charge < -0.3 is 25.0 Å². The molecular formula is C23H26F6N4O4. The zero-order valence-electron chi connectivity index (χ0n) is 19.8. The van der Waals surface area contributed by atoms with Gasteiger partial charge in [-0.05, 0) is 37.0 Å². The molecule has 0 bridgehead atoms. The van der Waals surface area contributed by atoms with E-state index in [9.17, 15) is 41.0 Å². The SMILES string of the molecule is CC[C@@H](N)c1ccc(C(F)(F)F)nc1.O=C(O)c1cc(C(=O)N2CCC[C@@H]2C(F)(F)F)n2c1COCC2. The van der Waals surface area contributed by atoms with E-state index in [2.05, 4.69) is 4.98 Å². The molecule has 0 spiro atoms. The molecule has 1 amide bonds. The van der Waals surface area contributed by atoms with Crippen LogP contribution in [0.1, 0.15) is 70.0 Å². The van der Waals surface area contributed by atoms with Crippen LogP contribution in [0.4, 0.5) is 26.3 Å². The van der Waals surface area contributed by atoms with Crippen LogP contribution in [0.3, 0.4) is 0 Å². The molecule has 0 aromatic carbocycles. The summed E-state index contributed by atoms with van der Waals surface area (Å²) in [6.45, 7) is 2.43. The molecule has 1 fully saturated rings. The highest BCUT2D eigenvalue weighted by atomic mass is 19.4. The highest BCUT2D eigenvalue weighted by Crippen LogP contribution is 2.34. The Labute approximate surface area is 208 Å². The minimum Gasteiger partial charge on any atom is -0.478 e. The van der Waals surface area contributed by atoms with Crippen molar-refractivity contribution in [3.8, 4) is 0 Å². The van der Waals surface area contributed by atoms with Gasteiger partial charge in [0.15, 0.2) is 0 Å². The van der Waals surface area contributed by atoms with Gasteiger partial charge in [-0.15, -0.1) is 0 Å². The van der Waals surface area contributed by atoms with Gasteiger partial charge in [0.25, 0.3) is 5.91 Å². The predicted octanol–water partition coefficient (Wildman–Crippen LogP) is 4.39. The maximum atomic E-state index is 13.0. The van der Waals surface area contributed by atoms with E-state index in [0.29, 0.717) is 17.7 Å². The minimum atomic E-state index is -4.48. The zero-order valence-corrected chi connectivity index (χ0v) is 19.8. The van der Waals surface area contributed by atoms with Crippen molar-refractivity contribution in [1.29, 1.82) is 0 Å². The number of ether oxygens (including phenoxy) is 1. The quantitative estimate of drug-likeness (QED) is 0.561. The number of aromatic carboxylic acids is 1. The molecule has 4 rings (SSSR count). The van der Waals surface area contributed by atoms with E-state index in [1.165, 1.54) is 16.8 Å². The van der Waals surface area contributed by atoms with E-state index in [4.69, 9.17) is 10.5 Å². The molecule has 14 heteroatoms. The fourth-order valence-electron chi connectivity index (χ4n) is 4.21. The summed E-state index contributed by atoms with van der Waals surface area (Å²) in [4.78, 5) is 28.0. The molecule has 37 heavy (non-hydrogen) atoms. The summed E-state index contributed by atoms with van der Waals surface area (Å²) in [6.07, 6.45) is -6.86. The number of nitrogens with two attached hydrogens (primary N) is 1. The number of fused-ring (bicyclic) bond motifs is 1. The van der Waals surface area contributed by atoms with Crippen molar-refractivity contribution in [2.45, 2.75) is 63.8 Å². The Morgan fingerprint density at radius 3 is 2.46 bits per heavy atom. The first kappa shape index (κ1) is 28.4. The number of nitrogens with zero attached hydrogens (tertiary/aromatic N) is 3. The normalized spacial score (nSPS) is 18.6. The summed E-state index contributed by atoms with van der Waals surface area (Å²) < 4.78 is 82.1. The molecule has 2 aromatic rings. The summed E-state index contributed by atoms with van der Waals surface area (Å²) in [6, 6.07) is 1.41. The summed E-state index contributed by atoms with van der Waals surface area (Å²) in [5.41, 5.74) is 5.57. The number of carboxylic acids is 1. The lowest BCUT2D eigenvalue weighted by atomic mass is 10.1. The fourth-order valence-corrected chi connectivity index (χ4v) is 4.21. The Balaban J connectivity index is 0.000000233. The van der Waals surface area contributed by atoms with Gasteiger partial charge in [-0.2, -0.15) is 26.3 Å². The number of likely N-dealkylation sites (tertiary alicyclic amines) is 1. The van der Waals surface area contributed by atoms with Crippen molar-refractivity contribution >= 4 is 11.9 Å². The van der Waals surface area contributed by atoms with Crippen LogP contribution >= 0.6 is 0 Å². The van der Waals surface area contributed by atoms with Gasteiger partial charge >= 0.3 is 18.3 Å². The van der Waals surface area contributed by atoms with Crippen LogP contribution in [-0.4, -0.2) is 56.8 Å². The molecule has 204 valence electrons. The largest absolute Gasteiger partial charge is 0.478 e. The molecule has 0 aliphatic carbocycles. The number of hydrogen-bond acceptors (Lipinski definition) is 5. The van der Waals surface area contributed by atoms with Crippen molar-refractivity contribution in [2.75, 3.05) is 13.2 Å². The summed E-state index contributed by atoms with van der Waals surface area (Å²) >= 11 is 0. The summed E-state index contributed by atoms with van der Waals surface area (Å²) in [5, 5.41) is 9.21. The number of rotatable bonds is 4. The predicted molar refractivity (Wildman–Crippen MR) is 118 cm³/mol. The van der Waals surface area contributed by atoms with Crippen LogP contribution in [0.2, 0.25) is 0 Å². The molecule has 2 aromatic heterocycles. The molecule has 2 aliphatic rings. The molecule has 2 atom stereocenters. The average Bonchev–Trinajstić information content (AvgIpc) is 3.49. The molecule has 3 N–H and O–H groups in total. The van der Waals surface area contributed by atoms with Crippen molar-refractivity contribution < 1.29 is 45.8 Å². The van der Waals surface area contributed by atoms with E-state index in [1.807, 2.05) is 6.92 Å². The van der Waals surface area contributed by atoms with Crippen molar-refractivity contribution in [3.63, 3.8) is 0 Å². The third-order valence-electron chi connectivity index (χ3n) is 6.19. The Morgan fingerprint density at radius 1 is 1.22 bits per heavy atom. The smallest absolute Gasteiger partial charge is 0.433 e. The third-order valence-corrected chi connectivity index (χ3v) is 6.19. The lowest BCUT2D eigenvalue weighted by Gasteiger charge is -2.27. The first-order valence-electron chi connectivity index (χ1n) is 11.5. The first-order chi connectivity index (χ1) is 17.3. The highest BCUT2D eigenvalue weighted by Gasteiger charge is 2.48. The number of halogens is 6. The third kappa shape index (κ3) is 6.42. The molecule has 4 heterocycles. The van der Waals surface area contributed by atoms with E-state index in [-0.39, 0.29) is 56.4 Å². The first-order valence-corrected chi connectivity index (χ1v) is 11.5. The lowest BCUT2D eigenvalue weighted by Crippen LogP contribution is -2.45. The van der Waals surface area contributed by atoms with Gasteiger partial charge in [-0.3, -0.25) is 9.78 Å². The molecule has 8 nitrogen and oxygen atoms in total. The monoisotopic (exact) mass is 536 g/mol. The number of carboxylic acid groups (broad SMARTS) is 1. The number of hydrogen-bond donors (Lipinski definition) is 2. The Kier molecular flexibility index (Phi) is 8.52. The molecule has 0 saturated carbocycles. The number of alkyl halides is 6. The van der Waals surface area contributed by atoms with E-state index >= 15 is 0 Å². The standard InChI is InChI=1S/C14H15F3N2O4.C9H11F3N2/c15-14(16,17)11-2-1-3-19(11)12(20)9-6-8(13(21)22)10-7-23-5-4-18(9)10;1-2-7(13)6-3-4-8(14-5-6)9(10,11)12/h6,11H,1-5,7H2,(H,21,22);3-5,7H,2,13H2,1H3/t11-;7-/m11/s1. The minimum absolute atomic E-state index is 0.0163. The van der Waals surface area contributed by atoms with Crippen LogP contribution in [0.25, 0.3) is 0 Å². The van der Waals surface area contributed by atoms with Crippen molar-refractivity contribution in [2.24, 2.45) is 5.73 Å². The number of carbonyl (C=O) groups excluding carboxylic acids is 1. The van der Waals surface area contributed by atoms with Gasteiger partial charge in [0.05, 0.1) is 24.5 Å². The van der Waals surface area contributed by atoms with Gasteiger partial charge in [-0.25, -0.2) is 4.79 Å². The van der Waals surface area contributed by atoms with Crippen LogP contribution in [0.15, 0.2) is 24.4 Å². The van der Waals surface area contributed by atoms with E-state index in [0.717, 1.165) is 17.0 Å². The van der Waals surface area contributed by atoms with Crippen LogP contribution < -0.4 is 5.73 Å². The van der Waals surface area contributed by atoms with Crippen molar-refractivity contribution in [3.05, 3.63) is 52.6 Å². The number of pyridine rings is 1. The topological polar surface area (TPSA) is 111 Å². The fraction of sp³-hybridized carbons (Fsp3) is 0.522. The van der Waals surface area contributed by atoms with E-state index in [1.54, 1.807) is 0 Å². The molecule has 0 radical (unpaired) electrons. The number of carbonyl (C=O) groups is 2. The van der Waals surface area contributed by atoms with Gasteiger partial charge in [-0.1, -0.05) is 13.0 Å². The van der Waals surface area contributed by atoms with Gasteiger partial charge in [0.1, 0.15) is 17.4 Å².